The van der Waals surface area contributed by atoms with Gasteiger partial charge >= 0.3 is 0 Å². The van der Waals surface area contributed by atoms with Gasteiger partial charge in [0.2, 0.25) is 0 Å². The van der Waals surface area contributed by atoms with Gasteiger partial charge in [0.25, 0.3) is 0 Å². The van der Waals surface area contributed by atoms with Crippen LogP contribution in [0.5, 0.6) is 0 Å². The van der Waals surface area contributed by atoms with Crippen LogP contribution < -0.4 is 10.2 Å². The molecule has 0 saturated carbocycles. The fraction of sp³-hybridized carbons (Fsp3) is 0.417. The SMILES string of the molecule is Cc1cccc([C@@H](C)Nc2nnc(C)c3cc(F)c(N4CCN(C)CC4)cc23)c1C. The van der Waals surface area contributed by atoms with E-state index in [0.717, 1.165) is 42.6 Å². The number of aryl methyl sites for hydroxylation is 2. The lowest BCUT2D eigenvalue weighted by Gasteiger charge is -2.34. The second-order valence-electron chi connectivity index (χ2n) is 8.43. The predicted octanol–water partition coefficient (Wildman–Crippen LogP) is 4.62. The highest BCUT2D eigenvalue weighted by molar-refractivity contribution is 5.95. The Kier molecular flexibility index (Phi) is 5.60. The number of aromatic nitrogens is 2. The number of hydrogen-bond acceptors (Lipinski definition) is 5. The summed E-state index contributed by atoms with van der Waals surface area (Å²) in [6.07, 6.45) is 0. The Balaban J connectivity index is 1.73. The van der Waals surface area contributed by atoms with E-state index in [4.69, 9.17) is 0 Å². The molecule has 0 amide bonds. The molecule has 158 valence electrons. The van der Waals surface area contributed by atoms with E-state index in [1.54, 1.807) is 6.07 Å². The first-order chi connectivity index (χ1) is 14.3. The number of likely N-dealkylation sites (N-methyl/N-ethyl adjacent to an activating group) is 1. The number of rotatable bonds is 4. The van der Waals surface area contributed by atoms with Crippen LogP contribution in [0.25, 0.3) is 10.8 Å². The highest BCUT2D eigenvalue weighted by Crippen LogP contribution is 2.33. The second-order valence-corrected chi connectivity index (χ2v) is 8.43. The van der Waals surface area contributed by atoms with Crippen molar-refractivity contribution in [1.29, 1.82) is 0 Å². The molecule has 2 heterocycles. The van der Waals surface area contributed by atoms with Crippen molar-refractivity contribution in [3.63, 3.8) is 0 Å². The van der Waals surface area contributed by atoms with E-state index in [9.17, 15) is 0 Å². The summed E-state index contributed by atoms with van der Waals surface area (Å²) < 4.78 is 15.0. The molecule has 2 aromatic carbocycles. The minimum absolute atomic E-state index is 0.0576. The van der Waals surface area contributed by atoms with Crippen LogP contribution in [0.1, 0.15) is 35.3 Å². The standard InChI is InChI=1S/C24H30FN5/c1-15-7-6-8-19(16(15)2)17(3)26-24-21-14-23(30-11-9-29(5)10-12-30)22(25)13-20(21)18(4)27-28-24/h6-8,13-14,17H,9-12H2,1-5H3,(H,26,28)/t17-/m1/s1. The maximum atomic E-state index is 15.0. The minimum atomic E-state index is -0.198. The number of nitrogens with one attached hydrogen (secondary N) is 1. The molecule has 0 spiro atoms. The maximum Gasteiger partial charge on any atom is 0.157 e. The van der Waals surface area contributed by atoms with E-state index in [0.29, 0.717) is 11.5 Å². The molecule has 0 aliphatic carbocycles. The number of hydrogen-bond donors (Lipinski definition) is 1. The third kappa shape index (κ3) is 3.84. The number of fused-ring (bicyclic) bond motifs is 1. The van der Waals surface area contributed by atoms with Crippen LogP contribution in [-0.4, -0.2) is 48.3 Å². The number of piperazine rings is 1. The summed E-state index contributed by atoms with van der Waals surface area (Å²) in [6.45, 7) is 11.8. The van der Waals surface area contributed by atoms with Crippen molar-refractivity contribution >= 4 is 22.3 Å². The minimum Gasteiger partial charge on any atom is -0.367 e. The molecule has 4 rings (SSSR count). The van der Waals surface area contributed by atoms with Gasteiger partial charge in [-0.05, 0) is 63.6 Å². The zero-order valence-corrected chi connectivity index (χ0v) is 18.5. The van der Waals surface area contributed by atoms with E-state index >= 15 is 4.39 Å². The van der Waals surface area contributed by atoms with Crippen molar-refractivity contribution in [2.45, 2.75) is 33.7 Å². The Labute approximate surface area is 177 Å². The van der Waals surface area contributed by atoms with Crippen LogP contribution >= 0.6 is 0 Å². The number of halogens is 1. The van der Waals surface area contributed by atoms with Gasteiger partial charge in [-0.15, -0.1) is 5.10 Å². The third-order valence-corrected chi connectivity index (χ3v) is 6.34. The zero-order valence-electron chi connectivity index (χ0n) is 18.5. The summed E-state index contributed by atoms with van der Waals surface area (Å²) in [5, 5.41) is 14.0. The molecule has 5 nitrogen and oxygen atoms in total. The third-order valence-electron chi connectivity index (χ3n) is 6.34. The fourth-order valence-corrected chi connectivity index (χ4v) is 4.21. The molecule has 1 aliphatic rings. The normalized spacial score (nSPS) is 16.1. The average molecular weight is 408 g/mol. The van der Waals surface area contributed by atoms with E-state index in [1.807, 2.05) is 13.0 Å². The lowest BCUT2D eigenvalue weighted by Crippen LogP contribution is -2.44. The lowest BCUT2D eigenvalue weighted by atomic mass is 9.98. The topological polar surface area (TPSA) is 44.3 Å². The molecular weight excluding hydrogens is 377 g/mol. The molecule has 1 atom stereocenters. The Morgan fingerprint density at radius 2 is 1.73 bits per heavy atom. The number of benzene rings is 2. The smallest absolute Gasteiger partial charge is 0.157 e. The first-order valence-electron chi connectivity index (χ1n) is 10.6. The fourth-order valence-electron chi connectivity index (χ4n) is 4.21. The molecule has 1 aromatic heterocycles. The molecule has 0 radical (unpaired) electrons. The van der Waals surface area contributed by atoms with Crippen LogP contribution in [0.2, 0.25) is 0 Å². The van der Waals surface area contributed by atoms with Gasteiger partial charge in [-0.3, -0.25) is 0 Å². The molecule has 1 fully saturated rings. The van der Waals surface area contributed by atoms with Crippen LogP contribution in [0, 0.1) is 26.6 Å². The van der Waals surface area contributed by atoms with Crippen molar-refractivity contribution in [1.82, 2.24) is 15.1 Å². The molecule has 1 saturated heterocycles. The Bertz CT molecular complexity index is 1070. The van der Waals surface area contributed by atoms with Crippen molar-refractivity contribution in [3.05, 3.63) is 58.5 Å². The van der Waals surface area contributed by atoms with Crippen molar-refractivity contribution in [2.75, 3.05) is 43.4 Å². The zero-order chi connectivity index (χ0) is 21.4. The molecule has 0 bridgehead atoms. The summed E-state index contributed by atoms with van der Waals surface area (Å²) in [5.74, 6) is 0.496. The molecule has 3 aromatic rings. The van der Waals surface area contributed by atoms with E-state index in [2.05, 4.69) is 71.3 Å². The van der Waals surface area contributed by atoms with Crippen LogP contribution in [0.4, 0.5) is 15.9 Å². The second kappa shape index (κ2) is 8.19. The molecular formula is C24H30FN5. The largest absolute Gasteiger partial charge is 0.367 e. The van der Waals surface area contributed by atoms with Gasteiger partial charge in [0.05, 0.1) is 17.4 Å². The Morgan fingerprint density at radius 1 is 1.00 bits per heavy atom. The number of anilines is 2. The molecule has 0 unspecified atom stereocenters. The van der Waals surface area contributed by atoms with Crippen molar-refractivity contribution in [3.8, 4) is 0 Å². The summed E-state index contributed by atoms with van der Waals surface area (Å²) in [7, 11) is 2.10. The number of nitrogens with zero attached hydrogens (tertiary/aromatic N) is 4. The quantitative estimate of drug-likeness (QED) is 0.684. The monoisotopic (exact) mass is 407 g/mol. The molecule has 6 heteroatoms. The lowest BCUT2D eigenvalue weighted by molar-refractivity contribution is 0.312. The van der Waals surface area contributed by atoms with E-state index in [-0.39, 0.29) is 11.9 Å². The van der Waals surface area contributed by atoms with Crippen LogP contribution in [0.15, 0.2) is 30.3 Å². The summed E-state index contributed by atoms with van der Waals surface area (Å²) in [4.78, 5) is 4.40. The van der Waals surface area contributed by atoms with Gasteiger partial charge < -0.3 is 15.1 Å². The maximum absolute atomic E-state index is 15.0. The van der Waals surface area contributed by atoms with Crippen molar-refractivity contribution in [2.24, 2.45) is 0 Å². The van der Waals surface area contributed by atoms with Gasteiger partial charge in [0, 0.05) is 37.0 Å². The Morgan fingerprint density at radius 3 is 2.47 bits per heavy atom. The van der Waals surface area contributed by atoms with E-state index < -0.39 is 0 Å². The molecule has 1 aliphatic heterocycles. The molecule has 30 heavy (non-hydrogen) atoms. The van der Waals surface area contributed by atoms with Crippen LogP contribution in [0.3, 0.4) is 0 Å². The first kappa shape index (κ1) is 20.5. The highest BCUT2D eigenvalue weighted by atomic mass is 19.1. The summed E-state index contributed by atoms with van der Waals surface area (Å²) in [5.41, 5.74) is 5.14. The van der Waals surface area contributed by atoms with Gasteiger partial charge in [-0.25, -0.2) is 4.39 Å². The molecule has 1 N–H and O–H groups in total. The van der Waals surface area contributed by atoms with Crippen LogP contribution in [-0.2, 0) is 0 Å². The Hall–Kier alpha value is -2.73. The summed E-state index contributed by atoms with van der Waals surface area (Å²) >= 11 is 0. The first-order valence-corrected chi connectivity index (χ1v) is 10.6. The predicted molar refractivity (Wildman–Crippen MR) is 122 cm³/mol. The average Bonchev–Trinajstić information content (AvgIpc) is 2.72. The van der Waals surface area contributed by atoms with Gasteiger partial charge in [-0.2, -0.15) is 5.10 Å². The summed E-state index contributed by atoms with van der Waals surface area (Å²) in [6, 6.07) is 9.95. The highest BCUT2D eigenvalue weighted by Gasteiger charge is 2.20. The van der Waals surface area contributed by atoms with E-state index in [1.165, 1.54) is 16.7 Å². The van der Waals surface area contributed by atoms with Crippen molar-refractivity contribution < 1.29 is 4.39 Å². The van der Waals surface area contributed by atoms with Gasteiger partial charge in [0.1, 0.15) is 5.82 Å². The van der Waals surface area contributed by atoms with Gasteiger partial charge in [-0.1, -0.05) is 18.2 Å². The van der Waals surface area contributed by atoms with Gasteiger partial charge in [0.15, 0.2) is 5.82 Å².